The summed E-state index contributed by atoms with van der Waals surface area (Å²) in [4.78, 5) is 11.0. The van der Waals surface area contributed by atoms with Crippen molar-refractivity contribution in [3.63, 3.8) is 0 Å². The van der Waals surface area contributed by atoms with Crippen LogP contribution in [0.3, 0.4) is 0 Å². The normalized spacial score (nSPS) is 12.6. The summed E-state index contributed by atoms with van der Waals surface area (Å²) in [6, 6.07) is 10.9. The third kappa shape index (κ3) is 3.03. The van der Waals surface area contributed by atoms with E-state index in [1.165, 1.54) is 5.56 Å². The number of benzene rings is 2. The molecule has 0 amide bonds. The number of carboxylic acids is 1. The zero-order chi connectivity index (χ0) is 14.8. The third-order valence-electron chi connectivity index (χ3n) is 3.42. The van der Waals surface area contributed by atoms with Gasteiger partial charge >= 0.3 is 5.97 Å². The van der Waals surface area contributed by atoms with Crippen LogP contribution in [0.25, 0.3) is 0 Å². The molecule has 0 fully saturated rings. The minimum atomic E-state index is -0.926. The number of hydrogen-bond donors (Lipinski definition) is 2. The van der Waals surface area contributed by atoms with Crippen molar-refractivity contribution in [2.45, 2.75) is 13.0 Å². The fourth-order valence-electron chi connectivity index (χ4n) is 2.44. The lowest BCUT2D eigenvalue weighted by molar-refractivity contribution is 0.0697. The summed E-state index contributed by atoms with van der Waals surface area (Å²) in [6.07, 6.45) is 0.927. The maximum atomic E-state index is 11.0. The maximum Gasteiger partial charge on any atom is 0.335 e. The lowest BCUT2D eigenvalue weighted by atomic mass is 10.1. The second-order valence-electron chi connectivity index (χ2n) is 4.89. The van der Waals surface area contributed by atoms with Crippen molar-refractivity contribution >= 4 is 27.6 Å². The topological polar surface area (TPSA) is 58.6 Å². The van der Waals surface area contributed by atoms with Crippen LogP contribution >= 0.6 is 15.9 Å². The van der Waals surface area contributed by atoms with Crippen molar-refractivity contribution in [1.82, 2.24) is 0 Å². The van der Waals surface area contributed by atoms with Gasteiger partial charge < -0.3 is 15.2 Å². The molecule has 4 nitrogen and oxygen atoms in total. The first kappa shape index (κ1) is 13.9. The van der Waals surface area contributed by atoms with Crippen molar-refractivity contribution < 1.29 is 14.6 Å². The quantitative estimate of drug-likeness (QED) is 0.885. The van der Waals surface area contributed by atoms with E-state index in [0.29, 0.717) is 13.2 Å². The molecule has 5 heteroatoms. The Balaban J connectivity index is 1.79. The van der Waals surface area contributed by atoms with Gasteiger partial charge in [0.05, 0.1) is 12.2 Å². The van der Waals surface area contributed by atoms with Gasteiger partial charge in [0.1, 0.15) is 5.75 Å². The Labute approximate surface area is 130 Å². The predicted molar refractivity (Wildman–Crippen MR) is 84.1 cm³/mol. The van der Waals surface area contributed by atoms with Crippen LogP contribution in [0.4, 0.5) is 5.69 Å². The summed E-state index contributed by atoms with van der Waals surface area (Å²) in [6.45, 7) is 1.30. The molecule has 0 radical (unpaired) electrons. The van der Waals surface area contributed by atoms with Gasteiger partial charge in [-0.15, -0.1) is 0 Å². The summed E-state index contributed by atoms with van der Waals surface area (Å²) in [5, 5.41) is 12.3. The van der Waals surface area contributed by atoms with Gasteiger partial charge in [0.25, 0.3) is 0 Å². The Morgan fingerprint density at radius 2 is 2.19 bits per heavy atom. The number of ether oxygens (including phenoxy) is 1. The van der Waals surface area contributed by atoms with E-state index in [9.17, 15) is 4.79 Å². The molecule has 1 heterocycles. The second-order valence-corrected chi connectivity index (χ2v) is 5.81. The number of halogens is 1. The van der Waals surface area contributed by atoms with Gasteiger partial charge in [0.2, 0.25) is 0 Å². The molecular weight excluding hydrogens is 334 g/mol. The first-order chi connectivity index (χ1) is 10.1. The fraction of sp³-hybridized carbons (Fsp3) is 0.188. The number of nitrogens with one attached hydrogen (secondary N) is 1. The van der Waals surface area contributed by atoms with E-state index in [0.717, 1.165) is 27.9 Å². The molecule has 0 aliphatic carbocycles. The third-order valence-corrected chi connectivity index (χ3v) is 3.88. The average Bonchev–Trinajstić information content (AvgIpc) is 2.93. The van der Waals surface area contributed by atoms with E-state index in [2.05, 4.69) is 27.3 Å². The molecule has 0 saturated heterocycles. The number of carbonyl (C=O) groups is 1. The van der Waals surface area contributed by atoms with E-state index in [-0.39, 0.29) is 5.56 Å². The molecule has 0 aromatic heterocycles. The van der Waals surface area contributed by atoms with Crippen molar-refractivity contribution in [3.05, 3.63) is 57.6 Å². The molecule has 21 heavy (non-hydrogen) atoms. The lowest BCUT2D eigenvalue weighted by Gasteiger charge is -2.11. The van der Waals surface area contributed by atoms with Gasteiger partial charge in [-0.2, -0.15) is 0 Å². The molecule has 1 aliphatic heterocycles. The van der Waals surface area contributed by atoms with Crippen LogP contribution in [0.1, 0.15) is 21.5 Å². The maximum absolute atomic E-state index is 11.0. The van der Waals surface area contributed by atoms with Crippen molar-refractivity contribution in [2.24, 2.45) is 0 Å². The lowest BCUT2D eigenvalue weighted by Crippen LogP contribution is -2.03. The van der Waals surface area contributed by atoms with Gasteiger partial charge in [0, 0.05) is 28.7 Å². The molecular formula is C16H14BrNO3. The molecule has 0 atom stereocenters. The van der Waals surface area contributed by atoms with E-state index in [1.807, 2.05) is 12.1 Å². The molecule has 3 rings (SSSR count). The summed E-state index contributed by atoms with van der Waals surface area (Å²) < 4.78 is 6.71. The fourth-order valence-corrected chi connectivity index (χ4v) is 2.99. The van der Waals surface area contributed by atoms with Gasteiger partial charge in [-0.05, 0) is 35.9 Å². The number of fused-ring (bicyclic) bond motifs is 1. The minimum Gasteiger partial charge on any atom is -0.493 e. The number of carboxylic acid groups (broad SMARTS) is 1. The minimum absolute atomic E-state index is 0.274. The molecule has 1 aliphatic rings. The summed E-state index contributed by atoms with van der Waals surface area (Å²) in [5.74, 6) is 0.0189. The van der Waals surface area contributed by atoms with Crippen LogP contribution in [0.15, 0.2) is 40.9 Å². The zero-order valence-electron chi connectivity index (χ0n) is 11.2. The first-order valence-corrected chi connectivity index (χ1v) is 7.44. The monoisotopic (exact) mass is 347 g/mol. The summed E-state index contributed by atoms with van der Waals surface area (Å²) >= 11 is 3.51. The molecule has 0 saturated carbocycles. The van der Waals surface area contributed by atoms with Gasteiger partial charge in [-0.3, -0.25) is 0 Å². The van der Waals surface area contributed by atoms with Crippen LogP contribution in [0, 0.1) is 0 Å². The average molecular weight is 348 g/mol. The Hall–Kier alpha value is -2.01. The van der Waals surface area contributed by atoms with Crippen LogP contribution in [-0.4, -0.2) is 17.7 Å². The van der Waals surface area contributed by atoms with Crippen molar-refractivity contribution in [3.8, 4) is 5.75 Å². The molecule has 2 aromatic carbocycles. The first-order valence-electron chi connectivity index (χ1n) is 6.65. The number of anilines is 1. The highest BCUT2D eigenvalue weighted by Gasteiger charge is 2.17. The highest BCUT2D eigenvalue weighted by molar-refractivity contribution is 9.10. The smallest absolute Gasteiger partial charge is 0.335 e. The van der Waals surface area contributed by atoms with E-state index < -0.39 is 5.97 Å². The van der Waals surface area contributed by atoms with Gasteiger partial charge in [-0.1, -0.05) is 22.0 Å². The van der Waals surface area contributed by atoms with Gasteiger partial charge in [-0.25, -0.2) is 4.79 Å². The standard InChI is InChI=1S/C16H14BrNO3/c17-13-6-10-4-5-21-15(10)12(7-13)9-18-14-3-1-2-11(8-14)16(19)20/h1-3,6-8,18H,4-5,9H2,(H,19,20). The van der Waals surface area contributed by atoms with Gasteiger partial charge in [0.15, 0.2) is 0 Å². The largest absolute Gasteiger partial charge is 0.493 e. The van der Waals surface area contributed by atoms with E-state index in [4.69, 9.17) is 9.84 Å². The Kier molecular flexibility index (Phi) is 3.84. The molecule has 0 unspecified atom stereocenters. The number of hydrogen-bond acceptors (Lipinski definition) is 3. The SMILES string of the molecule is O=C(O)c1cccc(NCc2cc(Br)cc3c2OCC3)c1. The number of rotatable bonds is 4. The molecule has 2 N–H and O–H groups in total. The van der Waals surface area contributed by atoms with Crippen LogP contribution < -0.4 is 10.1 Å². The summed E-state index contributed by atoms with van der Waals surface area (Å²) in [5.41, 5.74) is 3.33. The summed E-state index contributed by atoms with van der Waals surface area (Å²) in [7, 11) is 0. The highest BCUT2D eigenvalue weighted by Crippen LogP contribution is 2.33. The molecule has 0 spiro atoms. The van der Waals surface area contributed by atoms with Crippen molar-refractivity contribution in [2.75, 3.05) is 11.9 Å². The van der Waals surface area contributed by atoms with E-state index >= 15 is 0 Å². The Morgan fingerprint density at radius 1 is 1.33 bits per heavy atom. The molecule has 2 aromatic rings. The number of aromatic carboxylic acids is 1. The van der Waals surface area contributed by atoms with Crippen LogP contribution in [-0.2, 0) is 13.0 Å². The van der Waals surface area contributed by atoms with E-state index in [1.54, 1.807) is 18.2 Å². The molecule has 0 bridgehead atoms. The zero-order valence-corrected chi connectivity index (χ0v) is 12.8. The Morgan fingerprint density at radius 3 is 3.00 bits per heavy atom. The van der Waals surface area contributed by atoms with Crippen molar-refractivity contribution in [1.29, 1.82) is 0 Å². The molecule has 108 valence electrons. The highest BCUT2D eigenvalue weighted by atomic mass is 79.9. The van der Waals surface area contributed by atoms with Crippen LogP contribution in [0.2, 0.25) is 0 Å². The Bertz CT molecular complexity index is 700. The second kappa shape index (κ2) is 5.77. The van der Waals surface area contributed by atoms with Crippen LogP contribution in [0.5, 0.6) is 5.75 Å². The predicted octanol–water partition coefficient (Wildman–Crippen LogP) is 3.69.